The highest BCUT2D eigenvalue weighted by molar-refractivity contribution is 5.97. The molecule has 14 heavy (non-hydrogen) atoms. The predicted octanol–water partition coefficient (Wildman–Crippen LogP) is 0.312. The first-order chi connectivity index (χ1) is 6.70. The molecule has 0 bridgehead atoms. The van der Waals surface area contributed by atoms with Crippen molar-refractivity contribution in [2.45, 2.75) is 6.92 Å². The zero-order chi connectivity index (χ0) is 10.1. The Kier molecular flexibility index (Phi) is 1.99. The molecule has 0 aliphatic carbocycles. The van der Waals surface area contributed by atoms with Crippen LogP contribution in [-0.4, -0.2) is 34.1 Å². The average Bonchev–Trinajstić information content (AvgIpc) is 2.77. The van der Waals surface area contributed by atoms with Crippen molar-refractivity contribution in [1.82, 2.24) is 15.1 Å². The number of aryl methyl sites for hydroxylation is 1. The summed E-state index contributed by atoms with van der Waals surface area (Å²) >= 11 is 0. The molecular formula is C9H12N4O. The maximum Gasteiger partial charge on any atom is 0.277 e. The van der Waals surface area contributed by atoms with E-state index < -0.39 is 0 Å². The molecule has 1 aliphatic rings. The van der Waals surface area contributed by atoms with E-state index in [0.717, 1.165) is 5.69 Å². The second-order valence-electron chi connectivity index (χ2n) is 3.29. The van der Waals surface area contributed by atoms with Crippen molar-refractivity contribution >= 4 is 11.6 Å². The summed E-state index contributed by atoms with van der Waals surface area (Å²) in [6.07, 6.45) is 3.90. The van der Waals surface area contributed by atoms with Crippen LogP contribution < -0.4 is 5.73 Å². The maximum absolute atomic E-state index is 11.8. The molecule has 2 heterocycles. The summed E-state index contributed by atoms with van der Waals surface area (Å²) in [5.74, 6) is -0.114. The summed E-state index contributed by atoms with van der Waals surface area (Å²) < 4.78 is 0. The molecule has 3 N–H and O–H groups in total. The zero-order valence-electron chi connectivity index (χ0n) is 7.95. The molecule has 0 radical (unpaired) electrons. The molecule has 5 nitrogen and oxygen atoms in total. The molecule has 1 aromatic heterocycles. The number of amides is 1. The smallest absolute Gasteiger partial charge is 0.277 e. The first kappa shape index (κ1) is 8.80. The number of carbonyl (C=O) groups is 1. The van der Waals surface area contributed by atoms with Gasteiger partial charge in [0.15, 0.2) is 5.69 Å². The second-order valence-corrected chi connectivity index (χ2v) is 3.29. The Morgan fingerprint density at radius 2 is 2.21 bits per heavy atom. The van der Waals surface area contributed by atoms with Gasteiger partial charge in [-0.05, 0) is 6.92 Å². The van der Waals surface area contributed by atoms with Crippen molar-refractivity contribution in [3.8, 4) is 0 Å². The summed E-state index contributed by atoms with van der Waals surface area (Å²) in [7, 11) is 0. The standard InChI is InChI=1S/C9H12N4O/c1-6-7(10)8(12-11-6)9(14)13-4-2-3-5-13/h2-3H,4-5,10H2,1H3,(H,11,12). The Hall–Kier alpha value is -1.78. The number of rotatable bonds is 1. The number of nitrogens with one attached hydrogen (secondary N) is 1. The zero-order valence-corrected chi connectivity index (χ0v) is 7.95. The topological polar surface area (TPSA) is 75.0 Å². The number of nitrogen functional groups attached to an aromatic ring is 1. The van der Waals surface area contributed by atoms with Crippen LogP contribution in [-0.2, 0) is 0 Å². The number of anilines is 1. The van der Waals surface area contributed by atoms with E-state index in [2.05, 4.69) is 10.2 Å². The lowest BCUT2D eigenvalue weighted by Gasteiger charge is -2.13. The Morgan fingerprint density at radius 3 is 2.71 bits per heavy atom. The van der Waals surface area contributed by atoms with Gasteiger partial charge in [0.1, 0.15) is 0 Å². The number of aromatic nitrogens is 2. The van der Waals surface area contributed by atoms with Gasteiger partial charge < -0.3 is 10.6 Å². The lowest BCUT2D eigenvalue weighted by Crippen LogP contribution is -2.29. The van der Waals surface area contributed by atoms with Crippen LogP contribution >= 0.6 is 0 Å². The minimum absolute atomic E-state index is 0.114. The van der Waals surface area contributed by atoms with Crippen LogP contribution in [0.15, 0.2) is 12.2 Å². The molecule has 0 aromatic carbocycles. The van der Waals surface area contributed by atoms with Gasteiger partial charge in [-0.1, -0.05) is 12.2 Å². The summed E-state index contributed by atoms with van der Waals surface area (Å²) in [5.41, 5.74) is 7.22. The Bertz CT molecular complexity index is 386. The Labute approximate surface area is 81.6 Å². The van der Waals surface area contributed by atoms with Gasteiger partial charge in [-0.15, -0.1) is 0 Å². The van der Waals surface area contributed by atoms with Gasteiger partial charge in [-0.3, -0.25) is 9.89 Å². The number of nitrogens with zero attached hydrogens (tertiary/aromatic N) is 2. The predicted molar refractivity (Wildman–Crippen MR) is 52.8 cm³/mol. The fourth-order valence-electron chi connectivity index (χ4n) is 1.39. The first-order valence-corrected chi connectivity index (χ1v) is 4.45. The van der Waals surface area contributed by atoms with Gasteiger partial charge in [0.05, 0.1) is 11.4 Å². The highest BCUT2D eigenvalue weighted by atomic mass is 16.2. The molecule has 1 aromatic rings. The molecule has 2 rings (SSSR count). The molecule has 0 unspecified atom stereocenters. The van der Waals surface area contributed by atoms with Gasteiger partial charge in [-0.25, -0.2) is 0 Å². The number of aromatic amines is 1. The van der Waals surface area contributed by atoms with Gasteiger partial charge in [0, 0.05) is 13.1 Å². The quantitative estimate of drug-likeness (QED) is 0.629. The van der Waals surface area contributed by atoms with Gasteiger partial charge in [-0.2, -0.15) is 5.10 Å². The number of carbonyl (C=O) groups excluding carboxylic acids is 1. The van der Waals surface area contributed by atoms with Crippen molar-refractivity contribution in [2.24, 2.45) is 0 Å². The molecule has 0 atom stereocenters. The third kappa shape index (κ3) is 1.26. The third-order valence-corrected chi connectivity index (χ3v) is 2.30. The lowest BCUT2D eigenvalue weighted by molar-refractivity contribution is 0.0795. The third-order valence-electron chi connectivity index (χ3n) is 2.30. The average molecular weight is 192 g/mol. The minimum Gasteiger partial charge on any atom is -0.395 e. The normalized spacial score (nSPS) is 15.1. The summed E-state index contributed by atoms with van der Waals surface area (Å²) in [6, 6.07) is 0. The molecular weight excluding hydrogens is 180 g/mol. The summed E-state index contributed by atoms with van der Waals surface area (Å²) in [4.78, 5) is 13.5. The van der Waals surface area contributed by atoms with E-state index in [1.54, 1.807) is 11.8 Å². The van der Waals surface area contributed by atoms with Crippen LogP contribution in [0.5, 0.6) is 0 Å². The van der Waals surface area contributed by atoms with E-state index >= 15 is 0 Å². The van der Waals surface area contributed by atoms with Crippen LogP contribution in [0.4, 0.5) is 5.69 Å². The first-order valence-electron chi connectivity index (χ1n) is 4.45. The van der Waals surface area contributed by atoms with Crippen molar-refractivity contribution in [3.05, 3.63) is 23.5 Å². The van der Waals surface area contributed by atoms with Crippen LogP contribution in [0, 0.1) is 6.92 Å². The minimum atomic E-state index is -0.114. The molecule has 0 saturated heterocycles. The van der Waals surface area contributed by atoms with E-state index in [1.165, 1.54) is 0 Å². The molecule has 1 aliphatic heterocycles. The fourth-order valence-corrected chi connectivity index (χ4v) is 1.39. The SMILES string of the molecule is Cc1[nH]nc(C(=O)N2CC=CC2)c1N. The molecule has 0 spiro atoms. The highest BCUT2D eigenvalue weighted by Gasteiger charge is 2.21. The van der Waals surface area contributed by atoms with E-state index in [4.69, 9.17) is 5.73 Å². The Balaban J connectivity index is 2.22. The second kappa shape index (κ2) is 3.17. The molecule has 1 amide bonds. The van der Waals surface area contributed by atoms with Crippen LogP contribution in [0.25, 0.3) is 0 Å². The van der Waals surface area contributed by atoms with Gasteiger partial charge >= 0.3 is 0 Å². The van der Waals surface area contributed by atoms with Crippen LogP contribution in [0.3, 0.4) is 0 Å². The largest absolute Gasteiger partial charge is 0.395 e. The highest BCUT2D eigenvalue weighted by Crippen LogP contribution is 2.15. The van der Waals surface area contributed by atoms with E-state index in [9.17, 15) is 4.79 Å². The van der Waals surface area contributed by atoms with Crippen molar-refractivity contribution in [1.29, 1.82) is 0 Å². The summed E-state index contributed by atoms with van der Waals surface area (Å²) in [6.45, 7) is 3.08. The van der Waals surface area contributed by atoms with Crippen LogP contribution in [0.1, 0.15) is 16.2 Å². The Morgan fingerprint density at radius 1 is 1.57 bits per heavy atom. The number of H-pyrrole nitrogens is 1. The van der Waals surface area contributed by atoms with Gasteiger partial charge in [0.2, 0.25) is 0 Å². The monoisotopic (exact) mass is 192 g/mol. The van der Waals surface area contributed by atoms with Crippen molar-refractivity contribution in [2.75, 3.05) is 18.8 Å². The van der Waals surface area contributed by atoms with Crippen LogP contribution in [0.2, 0.25) is 0 Å². The van der Waals surface area contributed by atoms with E-state index in [-0.39, 0.29) is 5.91 Å². The molecule has 74 valence electrons. The fraction of sp³-hybridized carbons (Fsp3) is 0.333. The van der Waals surface area contributed by atoms with Crippen molar-refractivity contribution < 1.29 is 4.79 Å². The number of hydrogen-bond acceptors (Lipinski definition) is 3. The lowest BCUT2D eigenvalue weighted by atomic mass is 10.3. The number of hydrogen-bond donors (Lipinski definition) is 2. The maximum atomic E-state index is 11.8. The van der Waals surface area contributed by atoms with Gasteiger partial charge in [0.25, 0.3) is 5.91 Å². The van der Waals surface area contributed by atoms with E-state index in [0.29, 0.717) is 24.5 Å². The molecule has 5 heteroatoms. The summed E-state index contributed by atoms with van der Waals surface area (Å²) in [5, 5.41) is 6.59. The van der Waals surface area contributed by atoms with E-state index in [1.807, 2.05) is 12.2 Å². The van der Waals surface area contributed by atoms with Crippen molar-refractivity contribution in [3.63, 3.8) is 0 Å². The number of nitrogens with two attached hydrogens (primary N) is 1. The molecule has 0 saturated carbocycles. The molecule has 0 fully saturated rings.